The van der Waals surface area contributed by atoms with Gasteiger partial charge in [0.15, 0.2) is 6.04 Å². The van der Waals surface area contributed by atoms with E-state index in [9.17, 15) is 24.1 Å². The van der Waals surface area contributed by atoms with Crippen LogP contribution in [0.1, 0.15) is 40.3 Å². The molecule has 0 saturated heterocycles. The summed E-state index contributed by atoms with van der Waals surface area (Å²) in [4.78, 5) is 35.8. The number of carbonyl (C=O) groups is 2. The molecule has 2 aromatic carbocycles. The first-order valence-electron chi connectivity index (χ1n) is 9.77. The van der Waals surface area contributed by atoms with E-state index in [2.05, 4.69) is 10.4 Å². The summed E-state index contributed by atoms with van der Waals surface area (Å²) in [5, 5.41) is 17.9. The summed E-state index contributed by atoms with van der Waals surface area (Å²) < 4.78 is 20.0. The van der Waals surface area contributed by atoms with E-state index in [1.165, 1.54) is 36.4 Å². The highest BCUT2D eigenvalue weighted by atomic mass is 19.1. The van der Waals surface area contributed by atoms with Crippen molar-refractivity contribution in [3.05, 3.63) is 87.0 Å². The van der Waals surface area contributed by atoms with Gasteiger partial charge in [-0.25, -0.2) is 13.9 Å². The van der Waals surface area contributed by atoms with Crippen LogP contribution in [-0.2, 0) is 9.53 Å². The molecule has 9 nitrogen and oxygen atoms in total. The van der Waals surface area contributed by atoms with Crippen molar-refractivity contribution < 1.29 is 23.6 Å². The number of non-ortho nitro benzene ring substituents is 1. The minimum Gasteiger partial charge on any atom is -0.464 e. The lowest BCUT2D eigenvalue weighted by atomic mass is 10.0. The fourth-order valence-electron chi connectivity index (χ4n) is 3.33. The van der Waals surface area contributed by atoms with Crippen LogP contribution in [0.5, 0.6) is 0 Å². The number of amides is 1. The van der Waals surface area contributed by atoms with E-state index in [-0.39, 0.29) is 17.9 Å². The largest absolute Gasteiger partial charge is 0.464 e. The molecule has 166 valence electrons. The molecule has 0 aliphatic carbocycles. The van der Waals surface area contributed by atoms with Crippen molar-refractivity contribution in [2.75, 3.05) is 6.61 Å². The molecule has 0 saturated carbocycles. The number of aromatic nitrogens is 2. The third-order valence-corrected chi connectivity index (χ3v) is 4.85. The molecule has 0 radical (unpaired) electrons. The van der Waals surface area contributed by atoms with Crippen LogP contribution in [0, 0.1) is 29.8 Å². The molecular formula is C22H21FN4O5. The summed E-state index contributed by atoms with van der Waals surface area (Å²) in [6.45, 7) is 5.16. The SMILES string of the molecule is CCOC(=O)[C@H](NC(=O)c1ccc([N+](=O)[O-])cc1)c1c(C)nn(-c2ccc(F)cc2)c1C. The van der Waals surface area contributed by atoms with Crippen LogP contribution >= 0.6 is 0 Å². The molecule has 0 aliphatic rings. The second kappa shape index (κ2) is 9.38. The maximum atomic E-state index is 13.3. The standard InChI is InChI=1S/C22H21FN4O5/c1-4-32-22(29)20(24-21(28)15-5-9-18(10-6-15)27(30)31)19-13(2)25-26(14(19)3)17-11-7-16(23)8-12-17/h5-12,20H,4H2,1-3H3,(H,24,28)/t20-/m1/s1. The lowest BCUT2D eigenvalue weighted by molar-refractivity contribution is -0.384. The number of carbonyl (C=O) groups excluding carboxylic acids is 2. The first kappa shape index (κ1) is 22.6. The molecule has 32 heavy (non-hydrogen) atoms. The molecule has 0 unspecified atom stereocenters. The van der Waals surface area contributed by atoms with Crippen LogP contribution in [0.2, 0.25) is 0 Å². The predicted molar refractivity (Wildman–Crippen MR) is 113 cm³/mol. The van der Waals surface area contributed by atoms with Gasteiger partial charge in [0, 0.05) is 29.0 Å². The van der Waals surface area contributed by atoms with E-state index in [1.807, 2.05) is 0 Å². The van der Waals surface area contributed by atoms with Gasteiger partial charge in [-0.2, -0.15) is 5.10 Å². The number of nitrogens with one attached hydrogen (secondary N) is 1. The fourth-order valence-corrected chi connectivity index (χ4v) is 3.33. The summed E-state index contributed by atoms with van der Waals surface area (Å²) in [6, 6.07) is 9.55. The molecule has 1 aromatic heterocycles. The molecule has 10 heteroatoms. The van der Waals surface area contributed by atoms with E-state index < -0.39 is 28.7 Å². The third-order valence-electron chi connectivity index (χ3n) is 4.85. The van der Waals surface area contributed by atoms with Crippen LogP contribution in [0.15, 0.2) is 48.5 Å². The zero-order valence-electron chi connectivity index (χ0n) is 17.7. The summed E-state index contributed by atoms with van der Waals surface area (Å²) in [5.74, 6) is -1.67. The van der Waals surface area contributed by atoms with Gasteiger partial charge in [0.1, 0.15) is 5.82 Å². The van der Waals surface area contributed by atoms with Crippen molar-refractivity contribution in [3.8, 4) is 5.69 Å². The maximum Gasteiger partial charge on any atom is 0.333 e. The van der Waals surface area contributed by atoms with Crippen LogP contribution in [0.3, 0.4) is 0 Å². The second-order valence-corrected chi connectivity index (χ2v) is 6.94. The fraction of sp³-hybridized carbons (Fsp3) is 0.227. The summed E-state index contributed by atoms with van der Waals surface area (Å²) in [5.41, 5.74) is 2.07. The maximum absolute atomic E-state index is 13.3. The monoisotopic (exact) mass is 440 g/mol. The molecule has 0 aliphatic heterocycles. The Morgan fingerprint density at radius 2 is 1.78 bits per heavy atom. The number of rotatable bonds is 7. The third kappa shape index (κ3) is 4.64. The predicted octanol–water partition coefficient (Wildman–Crippen LogP) is 3.57. The summed E-state index contributed by atoms with van der Waals surface area (Å²) >= 11 is 0. The van der Waals surface area contributed by atoms with Gasteiger partial charge in [0.2, 0.25) is 0 Å². The molecule has 3 aromatic rings. The number of aryl methyl sites for hydroxylation is 1. The molecule has 0 spiro atoms. The van der Waals surface area contributed by atoms with Gasteiger partial charge in [-0.1, -0.05) is 0 Å². The quantitative estimate of drug-likeness (QED) is 0.341. The highest BCUT2D eigenvalue weighted by Crippen LogP contribution is 2.26. The normalized spacial score (nSPS) is 11.6. The van der Waals surface area contributed by atoms with Crippen molar-refractivity contribution in [3.63, 3.8) is 0 Å². The van der Waals surface area contributed by atoms with Gasteiger partial charge in [-0.05, 0) is 57.2 Å². The molecule has 1 atom stereocenters. The van der Waals surface area contributed by atoms with Gasteiger partial charge in [0.05, 0.1) is 22.9 Å². The lowest BCUT2D eigenvalue weighted by Gasteiger charge is -2.18. The van der Waals surface area contributed by atoms with Crippen LogP contribution in [0.4, 0.5) is 10.1 Å². The highest BCUT2D eigenvalue weighted by molar-refractivity contribution is 5.97. The Hall–Kier alpha value is -4.08. The number of hydrogen-bond acceptors (Lipinski definition) is 6. The highest BCUT2D eigenvalue weighted by Gasteiger charge is 2.31. The van der Waals surface area contributed by atoms with Gasteiger partial charge in [-0.3, -0.25) is 14.9 Å². The minimum absolute atomic E-state index is 0.104. The Labute approximate surface area is 183 Å². The number of ether oxygens (including phenoxy) is 1. The topological polar surface area (TPSA) is 116 Å². The molecule has 0 fully saturated rings. The number of esters is 1. The smallest absolute Gasteiger partial charge is 0.333 e. The van der Waals surface area contributed by atoms with Crippen molar-refractivity contribution in [2.24, 2.45) is 0 Å². The Morgan fingerprint density at radius 3 is 2.34 bits per heavy atom. The van der Waals surface area contributed by atoms with Crippen LogP contribution < -0.4 is 5.32 Å². The summed E-state index contributed by atoms with van der Waals surface area (Å²) in [6.07, 6.45) is 0. The number of nitro groups is 1. The summed E-state index contributed by atoms with van der Waals surface area (Å²) in [7, 11) is 0. The van der Waals surface area contributed by atoms with Crippen LogP contribution in [-0.4, -0.2) is 33.2 Å². The van der Waals surface area contributed by atoms with Crippen LogP contribution in [0.25, 0.3) is 5.69 Å². The first-order chi connectivity index (χ1) is 15.2. The van der Waals surface area contributed by atoms with Gasteiger partial charge in [-0.15, -0.1) is 0 Å². The zero-order chi connectivity index (χ0) is 23.4. The Balaban J connectivity index is 1.97. The number of benzene rings is 2. The zero-order valence-corrected chi connectivity index (χ0v) is 17.7. The van der Waals surface area contributed by atoms with Crippen molar-refractivity contribution in [1.82, 2.24) is 15.1 Å². The molecule has 3 rings (SSSR count). The van der Waals surface area contributed by atoms with E-state index in [1.54, 1.807) is 37.6 Å². The Kier molecular flexibility index (Phi) is 6.62. The van der Waals surface area contributed by atoms with Gasteiger partial charge >= 0.3 is 5.97 Å². The van der Waals surface area contributed by atoms with Gasteiger partial charge < -0.3 is 10.1 Å². The first-order valence-corrected chi connectivity index (χ1v) is 9.77. The van der Waals surface area contributed by atoms with E-state index >= 15 is 0 Å². The average Bonchev–Trinajstić information content (AvgIpc) is 3.06. The second-order valence-electron chi connectivity index (χ2n) is 6.94. The van der Waals surface area contributed by atoms with E-state index in [0.29, 0.717) is 22.6 Å². The van der Waals surface area contributed by atoms with Crippen molar-refractivity contribution in [1.29, 1.82) is 0 Å². The number of nitro benzene ring substituents is 1. The molecule has 1 heterocycles. The van der Waals surface area contributed by atoms with Gasteiger partial charge in [0.25, 0.3) is 11.6 Å². The Bertz CT molecular complexity index is 1160. The van der Waals surface area contributed by atoms with Crippen molar-refractivity contribution in [2.45, 2.75) is 26.8 Å². The van der Waals surface area contributed by atoms with E-state index in [4.69, 9.17) is 4.74 Å². The number of halogens is 1. The average molecular weight is 440 g/mol. The molecular weight excluding hydrogens is 419 g/mol. The lowest BCUT2D eigenvalue weighted by Crippen LogP contribution is -2.35. The number of nitrogens with zero attached hydrogens (tertiary/aromatic N) is 3. The molecule has 1 amide bonds. The Morgan fingerprint density at radius 1 is 1.16 bits per heavy atom. The van der Waals surface area contributed by atoms with Crippen molar-refractivity contribution >= 4 is 17.6 Å². The minimum atomic E-state index is -1.16. The number of hydrogen-bond donors (Lipinski definition) is 1. The molecule has 1 N–H and O–H groups in total. The van der Waals surface area contributed by atoms with E-state index in [0.717, 1.165) is 0 Å². The molecule has 0 bridgehead atoms.